The van der Waals surface area contributed by atoms with E-state index in [1.54, 1.807) is 12.4 Å². The first-order chi connectivity index (χ1) is 6.75. The molecule has 0 saturated carbocycles. The highest BCUT2D eigenvalue weighted by Crippen LogP contribution is 2.09. The summed E-state index contributed by atoms with van der Waals surface area (Å²) in [6.07, 6.45) is 3.26. The van der Waals surface area contributed by atoms with Crippen molar-refractivity contribution in [2.24, 2.45) is 0 Å². The van der Waals surface area contributed by atoms with Crippen LogP contribution in [0.2, 0.25) is 0 Å². The van der Waals surface area contributed by atoms with Gasteiger partial charge in [0.2, 0.25) is 0 Å². The van der Waals surface area contributed by atoms with Crippen molar-refractivity contribution in [1.82, 2.24) is 14.8 Å². The molecule has 72 valence electrons. The molecule has 0 aliphatic heterocycles. The molecule has 0 saturated heterocycles. The van der Waals surface area contributed by atoms with E-state index in [9.17, 15) is 10.1 Å². The highest BCUT2D eigenvalue weighted by Gasteiger charge is 2.11. The molecule has 0 amide bonds. The fourth-order valence-electron chi connectivity index (χ4n) is 1.01. The largest absolute Gasteiger partial charge is 0.389 e. The summed E-state index contributed by atoms with van der Waals surface area (Å²) < 4.78 is 1.50. The summed E-state index contributed by atoms with van der Waals surface area (Å²) in [5.74, 6) is -0.137. The predicted octanol–water partition coefficient (Wildman–Crippen LogP) is 1.30. The number of hydrogen-bond acceptors (Lipinski definition) is 5. The van der Waals surface area contributed by atoms with E-state index in [1.807, 2.05) is 5.38 Å². The molecule has 6 nitrogen and oxygen atoms in total. The molecule has 2 aromatic rings. The Labute approximate surface area is 83.0 Å². The molecule has 0 bridgehead atoms. The normalized spacial score (nSPS) is 10.3. The van der Waals surface area contributed by atoms with Gasteiger partial charge in [-0.3, -0.25) is 0 Å². The Kier molecular flexibility index (Phi) is 2.23. The number of thiazole rings is 1. The Hall–Kier alpha value is -1.76. The Bertz CT molecular complexity index is 436. The third-order valence-corrected chi connectivity index (χ3v) is 2.36. The number of aromatic nitrogens is 3. The van der Waals surface area contributed by atoms with Gasteiger partial charge in [-0.1, -0.05) is 0 Å². The van der Waals surface area contributed by atoms with Crippen LogP contribution in [0.15, 0.2) is 23.8 Å². The lowest BCUT2D eigenvalue weighted by molar-refractivity contribution is -0.389. The van der Waals surface area contributed by atoms with Gasteiger partial charge in [-0.15, -0.1) is 11.3 Å². The summed E-state index contributed by atoms with van der Waals surface area (Å²) in [7, 11) is 0. The van der Waals surface area contributed by atoms with Gasteiger partial charge in [-0.05, 0) is 4.92 Å². The van der Waals surface area contributed by atoms with Gasteiger partial charge in [0.1, 0.15) is 11.6 Å². The fraction of sp³-hybridized carbons (Fsp3) is 0.143. The van der Waals surface area contributed by atoms with Crippen LogP contribution in [-0.2, 0) is 6.54 Å². The maximum Gasteiger partial charge on any atom is 0.389 e. The smallest absolute Gasteiger partial charge is 0.358 e. The minimum atomic E-state index is -0.516. The topological polar surface area (TPSA) is 73.8 Å². The summed E-state index contributed by atoms with van der Waals surface area (Å²) in [5, 5.41) is 16.8. The number of hydrogen-bond donors (Lipinski definition) is 0. The summed E-state index contributed by atoms with van der Waals surface area (Å²) in [6.45, 7) is 0.478. The lowest BCUT2D eigenvalue weighted by Gasteiger charge is -1.90. The van der Waals surface area contributed by atoms with Crippen LogP contribution in [0, 0.1) is 10.1 Å². The first kappa shape index (κ1) is 8.82. The first-order valence-corrected chi connectivity index (χ1v) is 4.70. The molecule has 0 atom stereocenters. The van der Waals surface area contributed by atoms with Crippen LogP contribution in [0.4, 0.5) is 5.82 Å². The monoisotopic (exact) mass is 210 g/mol. The van der Waals surface area contributed by atoms with Crippen molar-refractivity contribution in [3.8, 4) is 0 Å². The van der Waals surface area contributed by atoms with E-state index < -0.39 is 4.92 Å². The van der Waals surface area contributed by atoms with Crippen molar-refractivity contribution >= 4 is 17.2 Å². The van der Waals surface area contributed by atoms with Gasteiger partial charge in [0, 0.05) is 11.6 Å². The molecule has 2 rings (SSSR count). The molecule has 14 heavy (non-hydrogen) atoms. The van der Waals surface area contributed by atoms with Crippen LogP contribution < -0.4 is 0 Å². The van der Waals surface area contributed by atoms with Crippen LogP contribution in [0.5, 0.6) is 0 Å². The van der Waals surface area contributed by atoms with Gasteiger partial charge < -0.3 is 10.1 Å². The van der Waals surface area contributed by atoms with Crippen molar-refractivity contribution in [3.05, 3.63) is 39.0 Å². The molecule has 0 aromatic carbocycles. The summed E-state index contributed by atoms with van der Waals surface area (Å²) in [6, 6.07) is 1.37. The van der Waals surface area contributed by atoms with E-state index >= 15 is 0 Å². The Morgan fingerprint density at radius 3 is 3.07 bits per heavy atom. The van der Waals surface area contributed by atoms with Crippen LogP contribution in [0.3, 0.4) is 0 Å². The molecule has 0 aliphatic rings. The number of nitrogens with zero attached hydrogens (tertiary/aromatic N) is 4. The summed E-state index contributed by atoms with van der Waals surface area (Å²) in [4.78, 5) is 13.9. The maximum atomic E-state index is 10.3. The van der Waals surface area contributed by atoms with Gasteiger partial charge in [0.15, 0.2) is 0 Å². The second kappa shape index (κ2) is 3.54. The highest BCUT2D eigenvalue weighted by molar-refractivity contribution is 7.09. The Morgan fingerprint density at radius 2 is 2.50 bits per heavy atom. The van der Waals surface area contributed by atoms with Crippen molar-refractivity contribution in [3.63, 3.8) is 0 Å². The van der Waals surface area contributed by atoms with Crippen molar-refractivity contribution < 1.29 is 4.92 Å². The minimum absolute atomic E-state index is 0.137. The Morgan fingerprint density at radius 1 is 1.64 bits per heavy atom. The van der Waals surface area contributed by atoms with Gasteiger partial charge in [-0.25, -0.2) is 4.98 Å². The van der Waals surface area contributed by atoms with Crippen molar-refractivity contribution in [1.29, 1.82) is 0 Å². The van der Waals surface area contributed by atoms with Crippen LogP contribution in [0.1, 0.15) is 5.01 Å². The van der Waals surface area contributed by atoms with Crippen LogP contribution in [-0.4, -0.2) is 19.7 Å². The highest BCUT2D eigenvalue weighted by atomic mass is 32.1. The van der Waals surface area contributed by atoms with Crippen LogP contribution in [0.25, 0.3) is 0 Å². The molecule has 0 aliphatic carbocycles. The zero-order chi connectivity index (χ0) is 9.97. The quantitative estimate of drug-likeness (QED) is 0.565. The molecular formula is C7H6N4O2S. The Balaban J connectivity index is 2.14. The molecular weight excluding hydrogens is 204 g/mol. The number of nitro groups is 1. The second-order valence-corrected chi connectivity index (χ2v) is 3.53. The summed E-state index contributed by atoms with van der Waals surface area (Å²) >= 11 is 1.49. The molecule has 2 aromatic heterocycles. The third kappa shape index (κ3) is 1.77. The molecule has 2 heterocycles. The van der Waals surface area contributed by atoms with Gasteiger partial charge in [-0.2, -0.15) is 4.68 Å². The maximum absolute atomic E-state index is 10.3. The van der Waals surface area contributed by atoms with Gasteiger partial charge in [0.25, 0.3) is 0 Å². The van der Waals surface area contributed by atoms with E-state index in [0.717, 1.165) is 5.01 Å². The van der Waals surface area contributed by atoms with Crippen LogP contribution >= 0.6 is 11.3 Å². The average Bonchev–Trinajstić information content (AvgIpc) is 2.75. The average molecular weight is 210 g/mol. The molecule has 7 heteroatoms. The summed E-state index contributed by atoms with van der Waals surface area (Å²) in [5.41, 5.74) is 0. The lowest BCUT2D eigenvalue weighted by atomic mass is 10.6. The van der Waals surface area contributed by atoms with E-state index in [4.69, 9.17) is 0 Å². The molecule has 0 radical (unpaired) electrons. The first-order valence-electron chi connectivity index (χ1n) is 3.82. The molecule has 0 unspecified atom stereocenters. The number of rotatable bonds is 3. The fourth-order valence-corrected chi connectivity index (χ4v) is 1.61. The second-order valence-electron chi connectivity index (χ2n) is 2.55. The zero-order valence-electron chi connectivity index (χ0n) is 7.03. The van der Waals surface area contributed by atoms with Crippen molar-refractivity contribution in [2.45, 2.75) is 6.54 Å². The van der Waals surface area contributed by atoms with E-state index in [2.05, 4.69) is 10.1 Å². The van der Waals surface area contributed by atoms with Crippen molar-refractivity contribution in [2.75, 3.05) is 0 Å². The van der Waals surface area contributed by atoms with E-state index in [-0.39, 0.29) is 5.82 Å². The zero-order valence-corrected chi connectivity index (χ0v) is 7.85. The molecule has 0 spiro atoms. The minimum Gasteiger partial charge on any atom is -0.358 e. The molecule has 0 fully saturated rings. The lowest BCUT2D eigenvalue weighted by Crippen LogP contribution is -2.00. The standard InChI is InChI=1S/C7H6N4O2S/c12-11(13)6-1-3-10(9-6)5-7-8-2-4-14-7/h1-4H,5H2. The van der Waals surface area contributed by atoms with Gasteiger partial charge >= 0.3 is 5.82 Å². The van der Waals surface area contributed by atoms with Gasteiger partial charge in [0.05, 0.1) is 17.4 Å². The van der Waals surface area contributed by atoms with E-state index in [0.29, 0.717) is 6.54 Å². The SMILES string of the molecule is O=[N+]([O-])c1ccn(Cc2nccs2)n1. The van der Waals surface area contributed by atoms with E-state index in [1.165, 1.54) is 22.1 Å². The third-order valence-electron chi connectivity index (χ3n) is 1.59. The predicted molar refractivity (Wildman–Crippen MR) is 50.1 cm³/mol. The molecule has 0 N–H and O–H groups in total.